The monoisotopic (exact) mass is 357 g/mol. The van der Waals surface area contributed by atoms with Crippen molar-refractivity contribution < 1.29 is 4.52 Å². The van der Waals surface area contributed by atoms with Gasteiger partial charge in [0.1, 0.15) is 5.82 Å². The first kappa shape index (κ1) is 16.7. The molecule has 0 unspecified atom stereocenters. The van der Waals surface area contributed by atoms with Gasteiger partial charge in [0.25, 0.3) is 11.4 Å². The molecule has 0 bridgehead atoms. The van der Waals surface area contributed by atoms with E-state index in [-0.39, 0.29) is 12.1 Å². The third kappa shape index (κ3) is 3.09. The van der Waals surface area contributed by atoms with Crippen LogP contribution in [-0.4, -0.2) is 19.7 Å². The zero-order valence-electron chi connectivity index (χ0n) is 14.6. The van der Waals surface area contributed by atoms with E-state index in [1.165, 1.54) is 0 Å². The van der Waals surface area contributed by atoms with Crippen LogP contribution in [-0.2, 0) is 13.0 Å². The molecule has 0 aliphatic carbocycles. The van der Waals surface area contributed by atoms with Gasteiger partial charge in [-0.2, -0.15) is 10.2 Å². The average Bonchev–Trinajstić information content (AvgIpc) is 3.18. The lowest BCUT2D eigenvalue weighted by molar-refractivity contribution is 0.419. The van der Waals surface area contributed by atoms with Gasteiger partial charge in [0.15, 0.2) is 5.82 Å². The number of aryl methyl sites for hydroxylation is 1. The average molecular weight is 357 g/mol. The minimum absolute atomic E-state index is 0.123. The maximum absolute atomic E-state index is 12.9. The Bertz CT molecular complexity index is 1220. The molecule has 2 heterocycles. The second-order valence-electron chi connectivity index (χ2n) is 5.99. The van der Waals surface area contributed by atoms with E-state index >= 15 is 0 Å². The summed E-state index contributed by atoms with van der Waals surface area (Å²) in [5.74, 6) is 1.40. The van der Waals surface area contributed by atoms with Crippen LogP contribution in [0.25, 0.3) is 22.4 Å². The Morgan fingerprint density at radius 1 is 1.11 bits per heavy atom. The molecule has 2 aromatic carbocycles. The van der Waals surface area contributed by atoms with Crippen LogP contribution in [0, 0.1) is 11.3 Å². The Labute approximate surface area is 154 Å². The van der Waals surface area contributed by atoms with Crippen molar-refractivity contribution in [2.45, 2.75) is 19.9 Å². The zero-order chi connectivity index (χ0) is 18.8. The molecule has 2 aromatic heterocycles. The first-order valence-electron chi connectivity index (χ1n) is 8.51. The highest BCUT2D eigenvalue weighted by Gasteiger charge is 2.14. The standard InChI is InChI=1S/C20H15N5O2/c1-2-18-22-16-6-4-3-5-15(16)20(26)25(18)12-17-23-19(27-24-17)14-9-7-13(11-21)8-10-14/h3-10H,2,12H2,1H3. The summed E-state index contributed by atoms with van der Waals surface area (Å²) in [7, 11) is 0. The van der Waals surface area contributed by atoms with E-state index in [9.17, 15) is 4.79 Å². The topological polar surface area (TPSA) is 97.6 Å². The molecule has 0 aliphatic rings. The summed E-state index contributed by atoms with van der Waals surface area (Å²) in [6.07, 6.45) is 0.612. The minimum atomic E-state index is -0.123. The summed E-state index contributed by atoms with van der Waals surface area (Å²) in [6.45, 7) is 2.13. The van der Waals surface area contributed by atoms with Crippen molar-refractivity contribution >= 4 is 10.9 Å². The van der Waals surface area contributed by atoms with E-state index < -0.39 is 0 Å². The van der Waals surface area contributed by atoms with E-state index in [2.05, 4.69) is 21.2 Å². The second-order valence-corrected chi connectivity index (χ2v) is 5.99. The lowest BCUT2D eigenvalue weighted by atomic mass is 10.1. The van der Waals surface area contributed by atoms with Gasteiger partial charge in [0.05, 0.1) is 29.1 Å². The first-order chi connectivity index (χ1) is 13.2. The van der Waals surface area contributed by atoms with Gasteiger partial charge in [-0.25, -0.2) is 4.98 Å². The van der Waals surface area contributed by atoms with Gasteiger partial charge in [-0.1, -0.05) is 24.2 Å². The number of aromatic nitrogens is 4. The van der Waals surface area contributed by atoms with Crippen LogP contribution in [0.2, 0.25) is 0 Å². The SMILES string of the molecule is CCc1nc2ccccc2c(=O)n1Cc1noc(-c2ccc(C#N)cc2)n1. The molecular weight excluding hydrogens is 342 g/mol. The molecule has 7 nitrogen and oxygen atoms in total. The molecule has 0 atom stereocenters. The third-order valence-electron chi connectivity index (χ3n) is 4.29. The second kappa shape index (κ2) is 6.84. The van der Waals surface area contributed by atoms with Crippen molar-refractivity contribution in [1.29, 1.82) is 5.26 Å². The van der Waals surface area contributed by atoms with Gasteiger partial charge in [-0.05, 0) is 36.4 Å². The third-order valence-corrected chi connectivity index (χ3v) is 4.29. The highest BCUT2D eigenvalue weighted by Crippen LogP contribution is 2.18. The van der Waals surface area contributed by atoms with Crippen molar-refractivity contribution in [2.24, 2.45) is 0 Å². The number of fused-ring (bicyclic) bond motifs is 1. The summed E-state index contributed by atoms with van der Waals surface area (Å²) in [5, 5.41) is 13.4. The lowest BCUT2D eigenvalue weighted by Crippen LogP contribution is -2.26. The highest BCUT2D eigenvalue weighted by atomic mass is 16.5. The van der Waals surface area contributed by atoms with E-state index in [1.807, 2.05) is 25.1 Å². The van der Waals surface area contributed by atoms with Crippen LogP contribution in [0.15, 0.2) is 57.8 Å². The van der Waals surface area contributed by atoms with E-state index in [4.69, 9.17) is 9.78 Å². The van der Waals surface area contributed by atoms with Gasteiger partial charge >= 0.3 is 0 Å². The van der Waals surface area contributed by atoms with Crippen LogP contribution in [0.5, 0.6) is 0 Å². The molecule has 0 N–H and O–H groups in total. The molecule has 0 saturated heterocycles. The summed E-state index contributed by atoms with van der Waals surface area (Å²) in [4.78, 5) is 21.8. The normalized spacial score (nSPS) is 10.8. The van der Waals surface area contributed by atoms with Crippen molar-refractivity contribution in [1.82, 2.24) is 19.7 Å². The summed E-state index contributed by atoms with van der Waals surface area (Å²) < 4.78 is 6.90. The van der Waals surface area contributed by atoms with E-state index in [0.717, 1.165) is 0 Å². The lowest BCUT2D eigenvalue weighted by Gasteiger charge is -2.10. The Hall–Kier alpha value is -3.79. The maximum atomic E-state index is 12.9. The van der Waals surface area contributed by atoms with Crippen LogP contribution in [0.3, 0.4) is 0 Å². The van der Waals surface area contributed by atoms with Crippen LogP contribution in [0.1, 0.15) is 24.1 Å². The quantitative estimate of drug-likeness (QED) is 0.557. The fourth-order valence-electron chi connectivity index (χ4n) is 2.91. The van der Waals surface area contributed by atoms with Gasteiger partial charge in [-0.15, -0.1) is 0 Å². The zero-order valence-corrected chi connectivity index (χ0v) is 14.6. The van der Waals surface area contributed by atoms with Crippen molar-refractivity contribution in [2.75, 3.05) is 0 Å². The number of rotatable bonds is 4. The van der Waals surface area contributed by atoms with Crippen molar-refractivity contribution in [3.05, 3.63) is 76.1 Å². The molecule has 4 aromatic rings. The van der Waals surface area contributed by atoms with Crippen molar-refractivity contribution in [3.63, 3.8) is 0 Å². The van der Waals surface area contributed by atoms with E-state index in [0.29, 0.717) is 46.0 Å². The minimum Gasteiger partial charge on any atom is -0.334 e. The predicted molar refractivity (Wildman–Crippen MR) is 98.9 cm³/mol. The Kier molecular flexibility index (Phi) is 4.22. The fourth-order valence-corrected chi connectivity index (χ4v) is 2.91. The maximum Gasteiger partial charge on any atom is 0.261 e. The molecule has 0 spiro atoms. The number of hydrogen-bond donors (Lipinski definition) is 0. The van der Waals surface area contributed by atoms with Gasteiger partial charge in [0.2, 0.25) is 0 Å². The summed E-state index contributed by atoms with van der Waals surface area (Å²) in [5.41, 5.74) is 1.83. The number of benzene rings is 2. The van der Waals surface area contributed by atoms with Crippen LogP contribution < -0.4 is 5.56 Å². The molecule has 132 valence electrons. The molecule has 0 radical (unpaired) electrons. The summed E-state index contributed by atoms with van der Waals surface area (Å²) >= 11 is 0. The molecule has 0 amide bonds. The van der Waals surface area contributed by atoms with Gasteiger partial charge in [-0.3, -0.25) is 9.36 Å². The largest absolute Gasteiger partial charge is 0.334 e. The van der Waals surface area contributed by atoms with Gasteiger partial charge < -0.3 is 4.52 Å². The number of nitrogens with zero attached hydrogens (tertiary/aromatic N) is 5. The fraction of sp³-hybridized carbons (Fsp3) is 0.150. The number of hydrogen-bond acceptors (Lipinski definition) is 6. The predicted octanol–water partition coefficient (Wildman–Crippen LogP) is 2.93. The molecule has 4 rings (SSSR count). The van der Waals surface area contributed by atoms with Crippen LogP contribution >= 0.6 is 0 Å². The molecule has 0 aliphatic heterocycles. The van der Waals surface area contributed by atoms with Gasteiger partial charge in [0, 0.05) is 12.0 Å². The van der Waals surface area contributed by atoms with Crippen LogP contribution in [0.4, 0.5) is 0 Å². The van der Waals surface area contributed by atoms with E-state index in [1.54, 1.807) is 34.9 Å². The Morgan fingerprint density at radius 3 is 2.63 bits per heavy atom. The molecule has 7 heteroatoms. The summed E-state index contributed by atoms with van der Waals surface area (Å²) in [6, 6.07) is 16.2. The smallest absolute Gasteiger partial charge is 0.261 e. The molecular formula is C20H15N5O2. The molecule has 27 heavy (non-hydrogen) atoms. The highest BCUT2D eigenvalue weighted by molar-refractivity contribution is 5.77. The first-order valence-corrected chi connectivity index (χ1v) is 8.51. The molecule has 0 fully saturated rings. The Morgan fingerprint density at radius 2 is 1.89 bits per heavy atom. The number of nitriles is 1. The van der Waals surface area contributed by atoms with Crippen molar-refractivity contribution in [3.8, 4) is 17.5 Å². The number of para-hydroxylation sites is 1. The molecule has 0 saturated carbocycles. The Balaban J connectivity index is 1.70.